The van der Waals surface area contributed by atoms with Gasteiger partial charge in [0.2, 0.25) is 5.91 Å². The highest BCUT2D eigenvalue weighted by Crippen LogP contribution is 2.34. The molecule has 2 N–H and O–H groups in total. The molecule has 0 aliphatic carbocycles. The number of amides is 4. The molecule has 1 saturated heterocycles. The third kappa shape index (κ3) is 6.32. The molecule has 0 radical (unpaired) electrons. The Balaban J connectivity index is 1.40. The topological polar surface area (TPSA) is 105 Å². The summed E-state index contributed by atoms with van der Waals surface area (Å²) in [5.41, 5.74) is 1.53. The first-order valence-electron chi connectivity index (χ1n) is 10.8. The molecule has 182 valence electrons. The van der Waals surface area contributed by atoms with Crippen molar-refractivity contribution in [2.24, 2.45) is 0 Å². The number of thioether (sulfide) groups is 1. The first-order valence-corrected chi connectivity index (χ1v) is 12.0. The van der Waals surface area contributed by atoms with Crippen LogP contribution in [0.25, 0.3) is 6.08 Å². The molecule has 1 heterocycles. The number of para-hydroxylation sites is 3. The second-order valence-corrected chi connectivity index (χ2v) is 8.94. The minimum atomic E-state index is -0.584. The van der Waals surface area contributed by atoms with Crippen molar-refractivity contribution in [2.45, 2.75) is 0 Å². The Kier molecular flexibility index (Phi) is 8.04. The van der Waals surface area contributed by atoms with Gasteiger partial charge in [0.25, 0.3) is 17.1 Å². The average molecular weight is 522 g/mol. The normalized spacial score (nSPS) is 14.1. The number of anilines is 2. The predicted molar refractivity (Wildman–Crippen MR) is 140 cm³/mol. The molecule has 1 fully saturated rings. The molecule has 3 aromatic rings. The first kappa shape index (κ1) is 25.0. The average Bonchev–Trinajstić information content (AvgIpc) is 3.12. The minimum Gasteiger partial charge on any atom is -0.483 e. The van der Waals surface area contributed by atoms with Crippen molar-refractivity contribution in [1.29, 1.82) is 0 Å². The standard InChI is InChI=1S/C26H20ClN3O5S/c27-19-11-5-6-12-20(19)29-24(32)16-35-21-13-7-4-8-17(21)14-22-25(33)30(26(34)36-22)15-23(31)28-18-9-2-1-3-10-18/h1-14H,15-16H2,(H,28,31)(H,29,32)/b22-14-. The number of nitrogens with zero attached hydrogens (tertiary/aromatic N) is 1. The molecule has 0 saturated carbocycles. The second kappa shape index (κ2) is 11.6. The third-order valence-electron chi connectivity index (χ3n) is 4.95. The van der Waals surface area contributed by atoms with Gasteiger partial charge in [-0.3, -0.25) is 24.1 Å². The smallest absolute Gasteiger partial charge is 0.294 e. The highest BCUT2D eigenvalue weighted by molar-refractivity contribution is 8.18. The van der Waals surface area contributed by atoms with Crippen LogP contribution in [0.15, 0.2) is 83.8 Å². The van der Waals surface area contributed by atoms with E-state index in [1.54, 1.807) is 72.8 Å². The van der Waals surface area contributed by atoms with Gasteiger partial charge in [-0.1, -0.05) is 60.1 Å². The zero-order valence-corrected chi connectivity index (χ0v) is 20.3. The lowest BCUT2D eigenvalue weighted by Gasteiger charge is -2.12. The Bertz CT molecular complexity index is 1350. The summed E-state index contributed by atoms with van der Waals surface area (Å²) < 4.78 is 5.66. The van der Waals surface area contributed by atoms with Gasteiger partial charge in [0.1, 0.15) is 12.3 Å². The highest BCUT2D eigenvalue weighted by Gasteiger charge is 2.36. The van der Waals surface area contributed by atoms with Gasteiger partial charge in [-0.15, -0.1) is 0 Å². The van der Waals surface area contributed by atoms with Gasteiger partial charge in [-0.2, -0.15) is 0 Å². The molecule has 36 heavy (non-hydrogen) atoms. The van der Waals surface area contributed by atoms with Crippen LogP contribution in [-0.4, -0.2) is 41.0 Å². The maximum Gasteiger partial charge on any atom is 0.294 e. The molecular weight excluding hydrogens is 502 g/mol. The quantitative estimate of drug-likeness (QED) is 0.403. The van der Waals surface area contributed by atoms with E-state index in [4.69, 9.17) is 16.3 Å². The summed E-state index contributed by atoms with van der Waals surface area (Å²) in [4.78, 5) is 50.9. The van der Waals surface area contributed by atoms with E-state index in [2.05, 4.69) is 10.6 Å². The molecule has 0 bridgehead atoms. The van der Waals surface area contributed by atoms with Crippen LogP contribution in [0.5, 0.6) is 5.75 Å². The van der Waals surface area contributed by atoms with Crippen molar-refractivity contribution in [3.8, 4) is 5.75 Å². The number of carbonyl (C=O) groups is 4. The summed E-state index contributed by atoms with van der Waals surface area (Å²) in [6, 6.07) is 22.4. The van der Waals surface area contributed by atoms with Crippen LogP contribution in [0.4, 0.5) is 16.2 Å². The molecule has 1 aliphatic heterocycles. The zero-order valence-electron chi connectivity index (χ0n) is 18.8. The Hall–Kier alpha value is -4.08. The van der Waals surface area contributed by atoms with Crippen molar-refractivity contribution in [2.75, 3.05) is 23.8 Å². The van der Waals surface area contributed by atoms with Crippen LogP contribution in [0.3, 0.4) is 0 Å². The molecule has 1 aliphatic rings. The summed E-state index contributed by atoms with van der Waals surface area (Å²) >= 11 is 6.79. The summed E-state index contributed by atoms with van der Waals surface area (Å²) in [7, 11) is 0. The number of benzene rings is 3. The van der Waals surface area contributed by atoms with Gasteiger partial charge >= 0.3 is 0 Å². The molecule has 0 atom stereocenters. The Morgan fingerprint density at radius 1 is 0.889 bits per heavy atom. The molecule has 3 aromatic carbocycles. The van der Waals surface area contributed by atoms with Crippen LogP contribution in [0.1, 0.15) is 5.56 Å². The Labute approximate surface area is 216 Å². The predicted octanol–water partition coefficient (Wildman–Crippen LogP) is 5.03. The molecule has 4 amide bonds. The fourth-order valence-corrected chi connectivity index (χ4v) is 4.28. The number of hydrogen-bond acceptors (Lipinski definition) is 6. The summed E-state index contributed by atoms with van der Waals surface area (Å²) in [6.45, 7) is -0.700. The van der Waals surface area contributed by atoms with E-state index >= 15 is 0 Å². The fraction of sp³-hybridized carbons (Fsp3) is 0.0769. The van der Waals surface area contributed by atoms with E-state index in [1.165, 1.54) is 6.08 Å². The summed E-state index contributed by atoms with van der Waals surface area (Å²) in [5.74, 6) is -1.14. The molecular formula is C26H20ClN3O5S. The lowest BCUT2D eigenvalue weighted by molar-refractivity contribution is -0.127. The van der Waals surface area contributed by atoms with E-state index in [9.17, 15) is 19.2 Å². The lowest BCUT2D eigenvalue weighted by Crippen LogP contribution is -2.36. The monoisotopic (exact) mass is 521 g/mol. The van der Waals surface area contributed by atoms with E-state index in [-0.39, 0.29) is 11.5 Å². The fourth-order valence-electron chi connectivity index (χ4n) is 3.27. The van der Waals surface area contributed by atoms with E-state index in [1.807, 2.05) is 6.07 Å². The number of ether oxygens (including phenoxy) is 1. The molecule has 0 aromatic heterocycles. The number of nitrogens with one attached hydrogen (secondary N) is 2. The molecule has 0 spiro atoms. The van der Waals surface area contributed by atoms with Crippen molar-refractivity contribution in [1.82, 2.24) is 4.90 Å². The second-order valence-electron chi connectivity index (χ2n) is 7.54. The summed E-state index contributed by atoms with van der Waals surface area (Å²) in [6.07, 6.45) is 1.50. The lowest BCUT2D eigenvalue weighted by atomic mass is 10.2. The van der Waals surface area contributed by atoms with Crippen LogP contribution in [-0.2, 0) is 14.4 Å². The van der Waals surface area contributed by atoms with E-state index in [0.29, 0.717) is 27.7 Å². The Morgan fingerprint density at radius 3 is 2.36 bits per heavy atom. The number of rotatable bonds is 8. The molecule has 0 unspecified atom stereocenters. The van der Waals surface area contributed by atoms with Gasteiger partial charge in [0.05, 0.1) is 15.6 Å². The molecule has 8 nitrogen and oxygen atoms in total. The van der Waals surface area contributed by atoms with Crippen LogP contribution < -0.4 is 15.4 Å². The number of halogens is 1. The van der Waals surface area contributed by atoms with Crippen LogP contribution in [0.2, 0.25) is 5.02 Å². The van der Waals surface area contributed by atoms with Crippen molar-refractivity contribution in [3.63, 3.8) is 0 Å². The first-order chi connectivity index (χ1) is 17.4. The Morgan fingerprint density at radius 2 is 1.58 bits per heavy atom. The largest absolute Gasteiger partial charge is 0.483 e. The molecule has 10 heteroatoms. The van der Waals surface area contributed by atoms with E-state index in [0.717, 1.165) is 16.7 Å². The van der Waals surface area contributed by atoms with Gasteiger partial charge in [-0.25, -0.2) is 0 Å². The van der Waals surface area contributed by atoms with E-state index < -0.39 is 29.5 Å². The molecule has 4 rings (SSSR count). The SMILES string of the molecule is O=C(CN1C(=O)S/C(=C\c2ccccc2OCC(=O)Nc2ccccc2Cl)C1=O)Nc1ccccc1. The van der Waals surface area contributed by atoms with Crippen molar-refractivity contribution in [3.05, 3.63) is 94.4 Å². The zero-order chi connectivity index (χ0) is 25.5. The van der Waals surface area contributed by atoms with Crippen LogP contribution in [0, 0.1) is 0 Å². The third-order valence-corrected chi connectivity index (χ3v) is 6.18. The van der Waals surface area contributed by atoms with Crippen LogP contribution >= 0.6 is 23.4 Å². The van der Waals surface area contributed by atoms with Crippen molar-refractivity contribution >= 4 is 63.8 Å². The van der Waals surface area contributed by atoms with Gasteiger partial charge in [0.15, 0.2) is 6.61 Å². The number of carbonyl (C=O) groups excluding carboxylic acids is 4. The number of hydrogen-bond donors (Lipinski definition) is 2. The highest BCUT2D eigenvalue weighted by atomic mass is 35.5. The maximum atomic E-state index is 12.8. The minimum absolute atomic E-state index is 0.143. The van der Waals surface area contributed by atoms with Gasteiger partial charge in [0, 0.05) is 11.3 Å². The maximum absolute atomic E-state index is 12.8. The van der Waals surface area contributed by atoms with Gasteiger partial charge in [-0.05, 0) is 48.2 Å². The number of imide groups is 1. The van der Waals surface area contributed by atoms with Crippen molar-refractivity contribution < 1.29 is 23.9 Å². The van der Waals surface area contributed by atoms with Gasteiger partial charge < -0.3 is 15.4 Å². The summed E-state index contributed by atoms with van der Waals surface area (Å²) in [5, 5.41) is 5.17.